The summed E-state index contributed by atoms with van der Waals surface area (Å²) in [6.45, 7) is 7.03. The van der Waals surface area contributed by atoms with E-state index < -0.39 is 0 Å². The topological polar surface area (TPSA) is 29.1 Å². The first-order valence-corrected chi connectivity index (χ1v) is 7.01. The molecule has 1 unspecified atom stereocenters. The van der Waals surface area contributed by atoms with E-state index in [2.05, 4.69) is 26.1 Å². The smallest absolute Gasteiger partial charge is 0.223 e. The minimum Gasteiger partial charge on any atom is -0.356 e. The second kappa shape index (κ2) is 9.95. The first kappa shape index (κ1) is 15.8. The minimum atomic E-state index is 0.191. The van der Waals surface area contributed by atoms with Crippen LogP contribution in [-0.4, -0.2) is 17.8 Å². The van der Waals surface area contributed by atoms with E-state index in [1.165, 1.54) is 0 Å². The van der Waals surface area contributed by atoms with Crippen LogP contribution in [-0.2, 0) is 4.79 Å². The summed E-state index contributed by atoms with van der Waals surface area (Å²) in [6, 6.07) is 0. The first-order chi connectivity index (χ1) is 7.65. The van der Waals surface area contributed by atoms with Crippen molar-refractivity contribution in [1.82, 2.24) is 5.32 Å². The van der Waals surface area contributed by atoms with Gasteiger partial charge in [-0.05, 0) is 25.7 Å². The van der Waals surface area contributed by atoms with Gasteiger partial charge in [0.25, 0.3) is 0 Å². The van der Waals surface area contributed by atoms with E-state index in [4.69, 9.17) is 11.6 Å². The van der Waals surface area contributed by atoms with Gasteiger partial charge < -0.3 is 5.32 Å². The predicted molar refractivity (Wildman–Crippen MR) is 70.9 cm³/mol. The lowest BCUT2D eigenvalue weighted by Gasteiger charge is -2.15. The lowest BCUT2D eigenvalue weighted by Crippen LogP contribution is -2.32. The molecule has 0 aromatic carbocycles. The van der Waals surface area contributed by atoms with Crippen LogP contribution in [0.5, 0.6) is 0 Å². The number of alkyl halides is 1. The Morgan fingerprint density at radius 3 is 2.12 bits per heavy atom. The van der Waals surface area contributed by atoms with Gasteiger partial charge in [-0.1, -0.05) is 33.6 Å². The van der Waals surface area contributed by atoms with Crippen molar-refractivity contribution in [3.63, 3.8) is 0 Å². The van der Waals surface area contributed by atoms with Gasteiger partial charge in [-0.15, -0.1) is 11.6 Å². The molecule has 16 heavy (non-hydrogen) atoms. The molecule has 3 heteroatoms. The zero-order valence-electron chi connectivity index (χ0n) is 10.9. The lowest BCUT2D eigenvalue weighted by molar-refractivity contribution is -0.125. The number of nitrogens with one attached hydrogen (secondary N) is 1. The summed E-state index contributed by atoms with van der Waals surface area (Å²) in [5.41, 5.74) is 0. The van der Waals surface area contributed by atoms with Gasteiger partial charge in [-0.2, -0.15) is 0 Å². The van der Waals surface area contributed by atoms with E-state index in [1.807, 2.05) is 0 Å². The van der Waals surface area contributed by atoms with Crippen molar-refractivity contribution in [1.29, 1.82) is 0 Å². The number of hydrogen-bond donors (Lipinski definition) is 1. The van der Waals surface area contributed by atoms with E-state index >= 15 is 0 Å². The number of carbonyl (C=O) groups excluding carboxylic acids is 1. The van der Waals surface area contributed by atoms with Crippen molar-refractivity contribution < 1.29 is 4.79 Å². The Morgan fingerprint density at radius 1 is 1.12 bits per heavy atom. The van der Waals surface area contributed by atoms with Crippen LogP contribution in [0.1, 0.15) is 59.3 Å². The fraction of sp³-hybridized carbons (Fsp3) is 0.923. The minimum absolute atomic E-state index is 0.191. The van der Waals surface area contributed by atoms with Crippen molar-refractivity contribution in [2.75, 3.05) is 6.54 Å². The van der Waals surface area contributed by atoms with Crippen molar-refractivity contribution in [3.8, 4) is 0 Å². The second-order valence-corrected chi connectivity index (χ2v) is 4.98. The molecule has 0 saturated heterocycles. The van der Waals surface area contributed by atoms with Crippen LogP contribution in [0.3, 0.4) is 0 Å². The Kier molecular flexibility index (Phi) is 9.80. The molecule has 0 aromatic heterocycles. The Balaban J connectivity index is 3.81. The highest BCUT2D eigenvalue weighted by Gasteiger charge is 2.15. The lowest BCUT2D eigenvalue weighted by atomic mass is 9.97. The maximum atomic E-state index is 11.8. The Morgan fingerprint density at radius 2 is 1.69 bits per heavy atom. The molecule has 1 atom stereocenters. The Labute approximate surface area is 105 Å². The maximum absolute atomic E-state index is 11.8. The standard InChI is InChI=1S/C13H26ClNO/c1-4-7-11(8-5-2)13(16)15-10-9-12(14)6-3/h11-12H,4-10H2,1-3H3,(H,15,16). The highest BCUT2D eigenvalue weighted by molar-refractivity contribution is 6.20. The van der Waals surface area contributed by atoms with Gasteiger partial charge in [0.15, 0.2) is 0 Å². The number of rotatable bonds is 9. The van der Waals surface area contributed by atoms with Gasteiger partial charge in [0.05, 0.1) is 0 Å². The van der Waals surface area contributed by atoms with Crippen LogP contribution in [0.15, 0.2) is 0 Å². The van der Waals surface area contributed by atoms with E-state index in [1.54, 1.807) is 0 Å². The predicted octanol–water partition coefficient (Wildman–Crippen LogP) is 3.73. The van der Waals surface area contributed by atoms with Gasteiger partial charge in [0.2, 0.25) is 5.91 Å². The SMILES string of the molecule is CCCC(CCC)C(=O)NCCC(Cl)CC. The van der Waals surface area contributed by atoms with Crippen LogP contribution in [0.25, 0.3) is 0 Å². The summed E-state index contributed by atoms with van der Waals surface area (Å²) < 4.78 is 0. The third kappa shape index (κ3) is 7.10. The van der Waals surface area contributed by atoms with Gasteiger partial charge in [-0.3, -0.25) is 4.79 Å². The molecule has 0 heterocycles. The van der Waals surface area contributed by atoms with Crippen LogP contribution in [0.2, 0.25) is 0 Å². The molecule has 0 aliphatic carbocycles. The Hall–Kier alpha value is -0.240. The van der Waals surface area contributed by atoms with Crippen LogP contribution in [0.4, 0.5) is 0 Å². The largest absolute Gasteiger partial charge is 0.356 e. The highest BCUT2D eigenvalue weighted by Crippen LogP contribution is 2.13. The molecule has 0 spiro atoms. The van der Waals surface area contributed by atoms with Crippen molar-refractivity contribution in [2.45, 2.75) is 64.7 Å². The maximum Gasteiger partial charge on any atom is 0.223 e. The molecular weight excluding hydrogens is 222 g/mol. The Bertz CT molecular complexity index is 179. The monoisotopic (exact) mass is 247 g/mol. The summed E-state index contributed by atoms with van der Waals surface area (Å²) in [4.78, 5) is 11.8. The molecule has 1 N–H and O–H groups in total. The zero-order chi connectivity index (χ0) is 12.4. The molecular formula is C13H26ClNO. The first-order valence-electron chi connectivity index (χ1n) is 6.57. The zero-order valence-corrected chi connectivity index (χ0v) is 11.6. The van der Waals surface area contributed by atoms with E-state index in [0.717, 1.165) is 38.5 Å². The highest BCUT2D eigenvalue weighted by atomic mass is 35.5. The van der Waals surface area contributed by atoms with Gasteiger partial charge in [0, 0.05) is 17.8 Å². The number of carbonyl (C=O) groups is 1. The van der Waals surface area contributed by atoms with Crippen LogP contribution in [0, 0.1) is 5.92 Å². The summed E-state index contributed by atoms with van der Waals surface area (Å²) in [5, 5.41) is 3.19. The second-order valence-electron chi connectivity index (χ2n) is 4.36. The summed E-state index contributed by atoms with van der Waals surface area (Å²) in [6.07, 6.45) is 5.98. The van der Waals surface area contributed by atoms with E-state index in [-0.39, 0.29) is 17.2 Å². The quantitative estimate of drug-likeness (QED) is 0.618. The molecule has 2 nitrogen and oxygen atoms in total. The van der Waals surface area contributed by atoms with E-state index in [0.29, 0.717) is 6.54 Å². The fourth-order valence-electron chi connectivity index (χ4n) is 1.80. The van der Waals surface area contributed by atoms with Crippen molar-refractivity contribution in [2.24, 2.45) is 5.92 Å². The number of amides is 1. The average Bonchev–Trinajstić information content (AvgIpc) is 2.28. The van der Waals surface area contributed by atoms with Crippen LogP contribution < -0.4 is 5.32 Å². The van der Waals surface area contributed by atoms with Crippen molar-refractivity contribution >= 4 is 17.5 Å². The molecule has 0 rings (SSSR count). The third-order valence-corrected chi connectivity index (χ3v) is 3.37. The summed E-state index contributed by atoms with van der Waals surface area (Å²) in [5.74, 6) is 0.411. The third-order valence-electron chi connectivity index (χ3n) is 2.84. The molecule has 96 valence electrons. The molecule has 0 aromatic rings. The number of halogens is 1. The molecule has 0 radical (unpaired) electrons. The van der Waals surface area contributed by atoms with Crippen molar-refractivity contribution in [3.05, 3.63) is 0 Å². The molecule has 0 saturated carbocycles. The molecule has 1 amide bonds. The molecule has 0 aliphatic rings. The molecule has 0 aliphatic heterocycles. The van der Waals surface area contributed by atoms with E-state index in [9.17, 15) is 4.79 Å². The number of hydrogen-bond acceptors (Lipinski definition) is 1. The van der Waals surface area contributed by atoms with Crippen LogP contribution >= 0.6 is 11.6 Å². The van der Waals surface area contributed by atoms with Gasteiger partial charge >= 0.3 is 0 Å². The molecule has 0 bridgehead atoms. The summed E-state index contributed by atoms with van der Waals surface area (Å²) >= 11 is 6.00. The summed E-state index contributed by atoms with van der Waals surface area (Å²) in [7, 11) is 0. The normalized spacial score (nSPS) is 12.8. The average molecular weight is 248 g/mol. The fourth-order valence-corrected chi connectivity index (χ4v) is 1.91. The molecule has 0 fully saturated rings. The van der Waals surface area contributed by atoms with Gasteiger partial charge in [0.1, 0.15) is 0 Å². The van der Waals surface area contributed by atoms with Gasteiger partial charge in [-0.25, -0.2) is 0 Å².